The summed E-state index contributed by atoms with van der Waals surface area (Å²) in [6.45, 7) is 0. The Balaban J connectivity index is 1.31. The highest BCUT2D eigenvalue weighted by Gasteiger charge is 2.12. The first-order valence-corrected chi connectivity index (χ1v) is 11.0. The van der Waals surface area contributed by atoms with E-state index in [1.54, 1.807) is 28.5 Å². The van der Waals surface area contributed by atoms with Crippen LogP contribution in [-0.2, 0) is 0 Å². The van der Waals surface area contributed by atoms with E-state index >= 15 is 0 Å². The first-order chi connectivity index (χ1) is 16.2. The van der Waals surface area contributed by atoms with Crippen LogP contribution >= 0.6 is 11.3 Å². The van der Waals surface area contributed by atoms with Crippen LogP contribution < -0.4 is 5.32 Å². The van der Waals surface area contributed by atoms with Crippen molar-refractivity contribution in [1.82, 2.24) is 29.8 Å². The first-order valence-electron chi connectivity index (χ1n) is 10.1. The second-order valence-corrected chi connectivity index (χ2v) is 8.21. The molecule has 8 nitrogen and oxygen atoms in total. The molecule has 4 aromatic heterocycles. The number of carbonyl (C=O) groups excluding carboxylic acids is 1. The molecule has 0 aliphatic heterocycles. The molecule has 6 aromatic rings. The summed E-state index contributed by atoms with van der Waals surface area (Å²) in [5.74, 6) is 0.436. The van der Waals surface area contributed by atoms with E-state index in [9.17, 15) is 4.79 Å². The van der Waals surface area contributed by atoms with Crippen LogP contribution in [-0.4, -0.2) is 35.7 Å². The number of thiazole rings is 1. The Labute approximate surface area is 191 Å². The number of hydrogen-bond acceptors (Lipinski definition) is 7. The third kappa shape index (κ3) is 3.60. The molecule has 0 saturated heterocycles. The topological polar surface area (TPSA) is 98.0 Å². The zero-order valence-electron chi connectivity index (χ0n) is 17.1. The largest absolute Gasteiger partial charge is 0.322 e. The van der Waals surface area contributed by atoms with Gasteiger partial charge in [-0.25, -0.2) is 4.98 Å². The van der Waals surface area contributed by atoms with Gasteiger partial charge in [-0.05, 0) is 54.6 Å². The highest BCUT2D eigenvalue weighted by Crippen LogP contribution is 2.24. The fourth-order valence-electron chi connectivity index (χ4n) is 3.57. The molecule has 0 fully saturated rings. The molecule has 9 heteroatoms. The Morgan fingerprint density at radius 1 is 0.939 bits per heavy atom. The van der Waals surface area contributed by atoms with Crippen molar-refractivity contribution in [2.24, 2.45) is 0 Å². The van der Waals surface area contributed by atoms with E-state index in [-0.39, 0.29) is 5.91 Å². The Hall–Kier alpha value is -4.50. The van der Waals surface area contributed by atoms with Crippen LogP contribution in [0.3, 0.4) is 0 Å². The van der Waals surface area contributed by atoms with Gasteiger partial charge >= 0.3 is 0 Å². The number of nitrogens with zero attached hydrogens (tertiary/aromatic N) is 6. The van der Waals surface area contributed by atoms with Gasteiger partial charge in [-0.2, -0.15) is 9.61 Å². The third-order valence-corrected chi connectivity index (χ3v) is 5.98. The van der Waals surface area contributed by atoms with Crippen molar-refractivity contribution in [2.45, 2.75) is 0 Å². The normalized spacial score (nSPS) is 11.2. The number of pyridine rings is 1. The summed E-state index contributed by atoms with van der Waals surface area (Å²) in [6, 6.07) is 20.6. The third-order valence-electron chi connectivity index (χ3n) is 5.19. The summed E-state index contributed by atoms with van der Waals surface area (Å²) in [6.07, 6.45) is 3.44. The molecule has 0 spiro atoms. The minimum absolute atomic E-state index is 0.177. The molecule has 0 atom stereocenters. The van der Waals surface area contributed by atoms with Crippen molar-refractivity contribution in [3.63, 3.8) is 0 Å². The fourth-order valence-corrected chi connectivity index (χ4v) is 4.29. The van der Waals surface area contributed by atoms with Crippen LogP contribution in [0.2, 0.25) is 0 Å². The zero-order valence-corrected chi connectivity index (χ0v) is 17.9. The second kappa shape index (κ2) is 7.88. The summed E-state index contributed by atoms with van der Waals surface area (Å²) in [4.78, 5) is 21.2. The Bertz CT molecular complexity index is 1620. The van der Waals surface area contributed by atoms with Crippen molar-refractivity contribution in [3.8, 4) is 22.6 Å². The molecule has 0 bridgehead atoms. The molecule has 2 aromatic carbocycles. The van der Waals surface area contributed by atoms with Crippen molar-refractivity contribution in [1.29, 1.82) is 0 Å². The zero-order chi connectivity index (χ0) is 22.2. The van der Waals surface area contributed by atoms with Gasteiger partial charge in [0.1, 0.15) is 0 Å². The lowest BCUT2D eigenvalue weighted by Crippen LogP contribution is -2.11. The summed E-state index contributed by atoms with van der Waals surface area (Å²) in [5, 5.41) is 16.2. The van der Waals surface area contributed by atoms with Crippen LogP contribution in [0.5, 0.6) is 0 Å². The molecule has 6 rings (SSSR count). The lowest BCUT2D eigenvalue weighted by molar-refractivity contribution is 0.102. The van der Waals surface area contributed by atoms with Crippen LogP contribution in [0.15, 0.2) is 84.6 Å². The highest BCUT2D eigenvalue weighted by molar-refractivity contribution is 7.16. The molecular weight excluding hydrogens is 434 g/mol. The van der Waals surface area contributed by atoms with Gasteiger partial charge in [0.05, 0.1) is 21.4 Å². The van der Waals surface area contributed by atoms with E-state index in [4.69, 9.17) is 5.10 Å². The van der Waals surface area contributed by atoms with E-state index in [1.807, 2.05) is 60.7 Å². The van der Waals surface area contributed by atoms with E-state index in [1.165, 1.54) is 11.3 Å². The van der Waals surface area contributed by atoms with Crippen LogP contribution in [0.1, 0.15) is 10.4 Å². The van der Waals surface area contributed by atoms with Gasteiger partial charge in [0, 0.05) is 34.8 Å². The van der Waals surface area contributed by atoms with Crippen molar-refractivity contribution in [3.05, 3.63) is 90.2 Å². The summed E-state index contributed by atoms with van der Waals surface area (Å²) in [7, 11) is 0. The van der Waals surface area contributed by atoms with Crippen LogP contribution in [0.25, 0.3) is 38.5 Å². The lowest BCUT2D eigenvalue weighted by atomic mass is 10.1. The van der Waals surface area contributed by atoms with E-state index in [2.05, 4.69) is 25.5 Å². The summed E-state index contributed by atoms with van der Waals surface area (Å²) < 4.78 is 2.68. The lowest BCUT2D eigenvalue weighted by Gasteiger charge is -2.08. The second-order valence-electron chi connectivity index (χ2n) is 7.32. The van der Waals surface area contributed by atoms with Crippen molar-refractivity contribution >= 4 is 38.8 Å². The van der Waals surface area contributed by atoms with Gasteiger partial charge < -0.3 is 5.32 Å². The SMILES string of the molecule is O=C(Nc1cccc(-c2ccc3nnc(-c4cccnc4)n3n2)c1)c1ccc2ncsc2c1. The van der Waals surface area contributed by atoms with Gasteiger partial charge in [0.2, 0.25) is 0 Å². The summed E-state index contributed by atoms with van der Waals surface area (Å²) in [5.41, 5.74) is 6.99. The van der Waals surface area contributed by atoms with E-state index < -0.39 is 0 Å². The number of benzene rings is 2. The average Bonchev–Trinajstić information content (AvgIpc) is 3.51. The van der Waals surface area contributed by atoms with Crippen LogP contribution in [0.4, 0.5) is 5.69 Å². The van der Waals surface area contributed by atoms with Gasteiger partial charge in [-0.15, -0.1) is 21.5 Å². The molecule has 0 aliphatic carbocycles. The maximum absolute atomic E-state index is 12.8. The highest BCUT2D eigenvalue weighted by atomic mass is 32.1. The molecule has 33 heavy (non-hydrogen) atoms. The van der Waals surface area contributed by atoms with Gasteiger partial charge in [0.25, 0.3) is 5.91 Å². The van der Waals surface area contributed by atoms with Crippen molar-refractivity contribution < 1.29 is 4.79 Å². The molecule has 0 radical (unpaired) electrons. The van der Waals surface area contributed by atoms with Crippen LogP contribution in [0, 0.1) is 0 Å². The number of nitrogens with one attached hydrogen (secondary N) is 1. The Morgan fingerprint density at radius 2 is 1.88 bits per heavy atom. The molecule has 0 saturated carbocycles. The predicted molar refractivity (Wildman–Crippen MR) is 127 cm³/mol. The average molecular weight is 449 g/mol. The minimum Gasteiger partial charge on any atom is -0.322 e. The van der Waals surface area contributed by atoms with Crippen molar-refractivity contribution in [2.75, 3.05) is 5.32 Å². The van der Waals surface area contributed by atoms with E-state index in [0.717, 1.165) is 27.0 Å². The monoisotopic (exact) mass is 449 g/mol. The maximum atomic E-state index is 12.8. The molecule has 1 amide bonds. The standard InChI is InChI=1S/C24H15N7OS/c32-24(16-6-7-20-21(12-16)33-14-26-20)27-18-5-1-3-15(11-18)19-8-9-22-28-29-23(31(22)30-19)17-4-2-10-25-13-17/h1-14H,(H,27,32). The smallest absolute Gasteiger partial charge is 0.255 e. The van der Waals surface area contributed by atoms with Gasteiger partial charge in [-0.3, -0.25) is 9.78 Å². The number of hydrogen-bond donors (Lipinski definition) is 1. The first kappa shape index (κ1) is 19.2. The molecule has 0 unspecified atom stereocenters. The molecule has 0 aliphatic rings. The number of carbonyl (C=O) groups is 1. The molecule has 158 valence electrons. The summed E-state index contributed by atoms with van der Waals surface area (Å²) >= 11 is 1.51. The Morgan fingerprint density at radius 3 is 2.79 bits per heavy atom. The predicted octanol–water partition coefficient (Wildman–Crippen LogP) is 4.72. The molecular formula is C24H15N7OS. The number of fused-ring (bicyclic) bond motifs is 2. The molecule has 1 N–H and O–H groups in total. The quantitative estimate of drug-likeness (QED) is 0.418. The van der Waals surface area contributed by atoms with Gasteiger partial charge in [0.15, 0.2) is 11.5 Å². The molecule has 4 heterocycles. The minimum atomic E-state index is -0.177. The maximum Gasteiger partial charge on any atom is 0.255 e. The van der Waals surface area contributed by atoms with Gasteiger partial charge in [-0.1, -0.05) is 12.1 Å². The van der Waals surface area contributed by atoms with E-state index in [0.29, 0.717) is 22.7 Å². The number of anilines is 1. The Kier molecular flexibility index (Phi) is 4.59. The fraction of sp³-hybridized carbons (Fsp3) is 0. The number of aromatic nitrogens is 6. The number of amides is 1. The number of rotatable bonds is 4.